The van der Waals surface area contributed by atoms with Gasteiger partial charge in [0.05, 0.1) is 23.3 Å². The molecule has 1 aromatic heterocycles. The maximum Gasteiger partial charge on any atom is 0.164 e. The highest BCUT2D eigenvalue weighted by Crippen LogP contribution is 2.28. The van der Waals surface area contributed by atoms with E-state index >= 15 is 0 Å². The number of nitrogens with zero attached hydrogens (tertiary/aromatic N) is 4. The summed E-state index contributed by atoms with van der Waals surface area (Å²) >= 11 is 0. The third-order valence-electron chi connectivity index (χ3n) is 5.18. The van der Waals surface area contributed by atoms with Crippen LogP contribution >= 0.6 is 0 Å². The average molecular weight is 427 g/mol. The van der Waals surface area contributed by atoms with Gasteiger partial charge in [-0.05, 0) is 24.3 Å². The Kier molecular flexibility index (Phi) is 5.35. The molecule has 1 aliphatic rings. The summed E-state index contributed by atoms with van der Waals surface area (Å²) in [7, 11) is 0. The van der Waals surface area contributed by atoms with Crippen LogP contribution in [0.15, 0.2) is 97.1 Å². The van der Waals surface area contributed by atoms with Crippen LogP contribution in [0.2, 0.25) is 0 Å². The van der Waals surface area contributed by atoms with Gasteiger partial charge in [-0.15, -0.1) is 0 Å². The van der Waals surface area contributed by atoms with Gasteiger partial charge in [-0.3, -0.25) is 0 Å². The molecular formula is C28H16FN4+. The summed E-state index contributed by atoms with van der Waals surface area (Å²) in [5, 5.41) is 9.25. The summed E-state index contributed by atoms with van der Waals surface area (Å²) < 4.78 is 13.9. The van der Waals surface area contributed by atoms with Crippen LogP contribution in [0.25, 0.3) is 39.7 Å². The van der Waals surface area contributed by atoms with Gasteiger partial charge in [0, 0.05) is 28.3 Å². The van der Waals surface area contributed by atoms with Gasteiger partial charge in [-0.25, -0.2) is 19.3 Å². The zero-order valence-electron chi connectivity index (χ0n) is 17.4. The molecule has 0 saturated carbocycles. The van der Waals surface area contributed by atoms with Crippen LogP contribution in [0.3, 0.4) is 0 Å². The molecule has 0 fully saturated rings. The molecule has 0 radical (unpaired) electrons. The summed E-state index contributed by atoms with van der Waals surface area (Å²) in [4.78, 5) is 14.0. The first kappa shape index (κ1) is 20.1. The molecule has 0 aliphatic heterocycles. The fourth-order valence-corrected chi connectivity index (χ4v) is 3.52. The van der Waals surface area contributed by atoms with Gasteiger partial charge >= 0.3 is 0 Å². The van der Waals surface area contributed by atoms with E-state index in [2.05, 4.69) is 16.0 Å². The van der Waals surface area contributed by atoms with Crippen molar-refractivity contribution in [2.75, 3.05) is 0 Å². The highest BCUT2D eigenvalue weighted by Gasteiger charge is 2.15. The van der Waals surface area contributed by atoms with E-state index in [4.69, 9.17) is 4.98 Å². The van der Waals surface area contributed by atoms with Crippen molar-refractivity contribution >= 4 is 5.57 Å². The second kappa shape index (κ2) is 8.76. The smallest absolute Gasteiger partial charge is 0.164 e. The van der Waals surface area contributed by atoms with Crippen molar-refractivity contribution in [1.29, 1.82) is 5.26 Å². The normalized spacial score (nSPS) is 12.1. The zero-order valence-corrected chi connectivity index (χ0v) is 17.4. The van der Waals surface area contributed by atoms with E-state index < -0.39 is 5.82 Å². The summed E-state index contributed by atoms with van der Waals surface area (Å²) in [5.41, 5.74) is 4.23. The quantitative estimate of drug-likeness (QED) is 0.364. The van der Waals surface area contributed by atoms with Gasteiger partial charge in [0.2, 0.25) is 0 Å². The molecule has 5 heteroatoms. The van der Waals surface area contributed by atoms with Crippen molar-refractivity contribution in [1.82, 2.24) is 15.0 Å². The van der Waals surface area contributed by atoms with Crippen LogP contribution in [0, 0.1) is 23.2 Å². The molecule has 0 amide bonds. The van der Waals surface area contributed by atoms with E-state index in [1.54, 1.807) is 6.07 Å². The number of hydrogen-bond donors (Lipinski definition) is 0. The molecule has 0 bridgehead atoms. The van der Waals surface area contributed by atoms with Crippen LogP contribution in [-0.4, -0.2) is 15.0 Å². The maximum atomic E-state index is 13.9. The van der Waals surface area contributed by atoms with Crippen molar-refractivity contribution in [3.63, 3.8) is 0 Å². The molecule has 0 spiro atoms. The molecule has 0 N–H and O–H groups in total. The minimum Gasteiger partial charge on any atom is -0.208 e. The topological polar surface area (TPSA) is 62.5 Å². The average Bonchev–Trinajstić information content (AvgIpc) is 2.90. The fraction of sp³-hybridized carbons (Fsp3) is 0. The first-order chi connectivity index (χ1) is 16.2. The molecule has 33 heavy (non-hydrogen) atoms. The van der Waals surface area contributed by atoms with Crippen molar-refractivity contribution < 1.29 is 4.39 Å². The molecular weight excluding hydrogens is 411 g/mol. The minimum absolute atomic E-state index is 0.0568. The van der Waals surface area contributed by atoms with Gasteiger partial charge < -0.3 is 0 Å². The largest absolute Gasteiger partial charge is 0.208 e. The number of halogens is 1. The molecule has 0 atom stereocenters. The highest BCUT2D eigenvalue weighted by atomic mass is 19.1. The first-order valence-corrected chi connectivity index (χ1v) is 10.3. The van der Waals surface area contributed by atoms with Gasteiger partial charge in [0.1, 0.15) is 24.0 Å². The number of allylic oxidation sites excluding steroid dienone is 6. The summed E-state index contributed by atoms with van der Waals surface area (Å²) in [6.45, 7) is 0. The Morgan fingerprint density at radius 1 is 0.727 bits per heavy atom. The number of benzene rings is 3. The monoisotopic (exact) mass is 427 g/mol. The van der Waals surface area contributed by atoms with E-state index in [1.165, 1.54) is 12.1 Å². The second-order valence-electron chi connectivity index (χ2n) is 7.35. The van der Waals surface area contributed by atoms with Gasteiger partial charge in [-0.2, -0.15) is 5.26 Å². The number of aromatic nitrogens is 3. The Morgan fingerprint density at radius 2 is 1.39 bits per heavy atom. The molecule has 4 nitrogen and oxygen atoms in total. The molecule has 1 heterocycles. The molecule has 154 valence electrons. The maximum absolute atomic E-state index is 13.9. The molecule has 4 aromatic rings. The SMILES string of the molecule is N#Cc1cc(-c2nc(-c3ccccc3)nc(-c3cccc(C4=CC=[C+]C=C4)c3)n2)ccc1F. The van der Waals surface area contributed by atoms with Crippen LogP contribution < -0.4 is 0 Å². The van der Waals surface area contributed by atoms with Crippen LogP contribution in [0.1, 0.15) is 11.1 Å². The van der Waals surface area contributed by atoms with Crippen LogP contribution in [0.5, 0.6) is 0 Å². The second-order valence-corrected chi connectivity index (χ2v) is 7.35. The minimum atomic E-state index is -0.577. The molecule has 3 aromatic carbocycles. The Bertz CT molecular complexity index is 1480. The van der Waals surface area contributed by atoms with Gasteiger partial charge in [0.15, 0.2) is 17.5 Å². The van der Waals surface area contributed by atoms with Crippen molar-refractivity contribution in [3.05, 3.63) is 120 Å². The highest BCUT2D eigenvalue weighted by molar-refractivity contribution is 5.79. The summed E-state index contributed by atoms with van der Waals surface area (Å²) in [6.07, 6.45) is 10.8. The van der Waals surface area contributed by atoms with E-state index in [-0.39, 0.29) is 5.56 Å². The van der Waals surface area contributed by atoms with Crippen molar-refractivity contribution in [3.8, 4) is 40.2 Å². The molecule has 5 rings (SSSR count). The number of rotatable bonds is 4. The van der Waals surface area contributed by atoms with E-state index in [1.807, 2.05) is 85.0 Å². The Morgan fingerprint density at radius 3 is 2.09 bits per heavy atom. The number of nitriles is 1. The van der Waals surface area contributed by atoms with E-state index in [0.717, 1.165) is 22.3 Å². The van der Waals surface area contributed by atoms with Crippen molar-refractivity contribution in [2.24, 2.45) is 0 Å². The Hall–Kier alpha value is -4.78. The third kappa shape index (κ3) is 4.20. The standard InChI is InChI=1S/C28H16FN4/c29-25-15-14-23(17-24(25)18-30)28-32-26(20-10-5-2-6-11-20)31-27(33-28)22-13-7-12-21(16-22)19-8-3-1-4-9-19/h2-17H/q+1. The lowest BCUT2D eigenvalue weighted by atomic mass is 10.00. The lowest BCUT2D eigenvalue weighted by Gasteiger charge is -2.09. The van der Waals surface area contributed by atoms with E-state index in [0.29, 0.717) is 23.0 Å². The third-order valence-corrected chi connectivity index (χ3v) is 5.18. The zero-order chi connectivity index (χ0) is 22.6. The summed E-state index contributed by atoms with van der Waals surface area (Å²) in [5.74, 6) is 0.783. The van der Waals surface area contributed by atoms with Crippen LogP contribution in [-0.2, 0) is 0 Å². The lowest BCUT2D eigenvalue weighted by molar-refractivity contribution is 0.624. The van der Waals surface area contributed by atoms with E-state index in [9.17, 15) is 9.65 Å². The summed E-state index contributed by atoms with van der Waals surface area (Å²) in [6, 6.07) is 23.7. The predicted octanol–water partition coefficient (Wildman–Crippen LogP) is 6.20. The molecule has 1 aliphatic carbocycles. The Balaban J connectivity index is 1.67. The first-order valence-electron chi connectivity index (χ1n) is 10.3. The Labute approximate surface area is 190 Å². The molecule has 0 unspecified atom stereocenters. The van der Waals surface area contributed by atoms with Gasteiger partial charge in [-0.1, -0.05) is 48.5 Å². The van der Waals surface area contributed by atoms with Crippen LogP contribution in [0.4, 0.5) is 4.39 Å². The lowest BCUT2D eigenvalue weighted by Crippen LogP contribution is -2.01. The van der Waals surface area contributed by atoms with Gasteiger partial charge in [0.25, 0.3) is 0 Å². The number of hydrogen-bond acceptors (Lipinski definition) is 4. The fourth-order valence-electron chi connectivity index (χ4n) is 3.52. The van der Waals surface area contributed by atoms with Crippen molar-refractivity contribution in [2.45, 2.75) is 0 Å². The predicted molar refractivity (Wildman–Crippen MR) is 126 cm³/mol. The molecule has 0 saturated heterocycles.